The first-order chi connectivity index (χ1) is 15.5. The van der Waals surface area contributed by atoms with Gasteiger partial charge in [0.15, 0.2) is 11.5 Å². The molecule has 0 unspecified atom stereocenters. The molecule has 1 aromatic heterocycles. The lowest BCUT2D eigenvalue weighted by Gasteiger charge is -2.16. The van der Waals surface area contributed by atoms with Gasteiger partial charge in [0.05, 0.1) is 13.7 Å². The van der Waals surface area contributed by atoms with Gasteiger partial charge in [-0.2, -0.15) is 0 Å². The van der Waals surface area contributed by atoms with Crippen molar-refractivity contribution in [3.8, 4) is 11.5 Å². The third-order valence-corrected chi connectivity index (χ3v) is 4.58. The third-order valence-electron chi connectivity index (χ3n) is 4.58. The number of carbonyl (C=O) groups is 2. The molecular weight excluding hydrogens is 410 g/mol. The first-order valence-corrected chi connectivity index (χ1v) is 10.0. The fourth-order valence-corrected chi connectivity index (χ4v) is 2.90. The SMILES string of the molecule is CCOc1cc(C(=O)Nc2ccc(N(C)C(=O)OC)cc2)ccc1OCc1cccnc1. The molecule has 3 aromatic rings. The molecule has 0 aliphatic heterocycles. The highest BCUT2D eigenvalue weighted by Crippen LogP contribution is 2.30. The zero-order valence-corrected chi connectivity index (χ0v) is 18.2. The second kappa shape index (κ2) is 10.8. The van der Waals surface area contributed by atoms with Crippen LogP contribution in [0, 0.1) is 0 Å². The van der Waals surface area contributed by atoms with Crippen molar-refractivity contribution in [1.82, 2.24) is 4.98 Å². The Bertz CT molecular complexity index is 1050. The van der Waals surface area contributed by atoms with E-state index in [-0.39, 0.29) is 5.91 Å². The highest BCUT2D eigenvalue weighted by molar-refractivity contribution is 6.04. The molecule has 0 bridgehead atoms. The number of methoxy groups -OCH3 is 1. The first kappa shape index (κ1) is 22.6. The molecule has 8 heteroatoms. The molecule has 0 saturated carbocycles. The van der Waals surface area contributed by atoms with E-state index in [0.717, 1.165) is 5.56 Å². The van der Waals surface area contributed by atoms with Crippen molar-refractivity contribution >= 4 is 23.4 Å². The maximum absolute atomic E-state index is 12.7. The van der Waals surface area contributed by atoms with Crippen molar-refractivity contribution in [2.75, 3.05) is 31.0 Å². The Balaban J connectivity index is 1.69. The van der Waals surface area contributed by atoms with E-state index < -0.39 is 6.09 Å². The summed E-state index contributed by atoms with van der Waals surface area (Å²) in [7, 11) is 2.92. The molecule has 0 aliphatic carbocycles. The van der Waals surface area contributed by atoms with Gasteiger partial charge in [0.1, 0.15) is 6.61 Å². The Morgan fingerprint density at radius 1 is 1.03 bits per heavy atom. The first-order valence-electron chi connectivity index (χ1n) is 10.0. The number of aromatic nitrogens is 1. The summed E-state index contributed by atoms with van der Waals surface area (Å²) in [5, 5.41) is 2.84. The average molecular weight is 435 g/mol. The summed E-state index contributed by atoms with van der Waals surface area (Å²) in [6, 6.07) is 15.7. The maximum atomic E-state index is 12.7. The summed E-state index contributed by atoms with van der Waals surface area (Å²) < 4.78 is 16.2. The number of benzene rings is 2. The molecule has 2 amide bonds. The van der Waals surface area contributed by atoms with E-state index in [0.29, 0.717) is 41.7 Å². The van der Waals surface area contributed by atoms with Crippen molar-refractivity contribution in [3.63, 3.8) is 0 Å². The molecule has 0 saturated heterocycles. The predicted molar refractivity (Wildman–Crippen MR) is 121 cm³/mol. The summed E-state index contributed by atoms with van der Waals surface area (Å²) >= 11 is 0. The number of amides is 2. The molecule has 0 aliphatic rings. The van der Waals surface area contributed by atoms with Crippen LogP contribution in [-0.4, -0.2) is 37.7 Å². The highest BCUT2D eigenvalue weighted by atomic mass is 16.5. The topological polar surface area (TPSA) is 90.0 Å². The molecule has 0 atom stereocenters. The highest BCUT2D eigenvalue weighted by Gasteiger charge is 2.14. The summed E-state index contributed by atoms with van der Waals surface area (Å²) in [5.74, 6) is 0.736. The van der Waals surface area contributed by atoms with E-state index in [1.54, 1.807) is 61.9 Å². The molecule has 0 radical (unpaired) electrons. The molecular formula is C24H25N3O5. The van der Waals surface area contributed by atoms with Gasteiger partial charge >= 0.3 is 6.09 Å². The zero-order chi connectivity index (χ0) is 22.9. The molecule has 0 fully saturated rings. The number of hydrogen-bond acceptors (Lipinski definition) is 6. The molecule has 2 aromatic carbocycles. The molecule has 166 valence electrons. The lowest BCUT2D eigenvalue weighted by atomic mass is 10.1. The lowest BCUT2D eigenvalue weighted by molar-refractivity contribution is 0.102. The van der Waals surface area contributed by atoms with Crippen molar-refractivity contribution in [2.45, 2.75) is 13.5 Å². The van der Waals surface area contributed by atoms with Crippen molar-refractivity contribution in [2.24, 2.45) is 0 Å². The summed E-state index contributed by atoms with van der Waals surface area (Å²) in [5.41, 5.74) is 2.59. The van der Waals surface area contributed by atoms with Crippen LogP contribution in [0.3, 0.4) is 0 Å². The number of anilines is 2. The Morgan fingerprint density at radius 2 is 1.81 bits per heavy atom. The van der Waals surface area contributed by atoms with E-state index in [1.165, 1.54) is 12.0 Å². The number of pyridine rings is 1. The predicted octanol–water partition coefficient (Wildman–Crippen LogP) is 4.51. The molecule has 32 heavy (non-hydrogen) atoms. The smallest absolute Gasteiger partial charge is 0.413 e. The van der Waals surface area contributed by atoms with Crippen LogP contribution < -0.4 is 19.7 Å². The van der Waals surface area contributed by atoms with Crippen LogP contribution in [0.5, 0.6) is 11.5 Å². The van der Waals surface area contributed by atoms with Gasteiger partial charge in [0.25, 0.3) is 5.91 Å². The number of carbonyl (C=O) groups excluding carboxylic acids is 2. The van der Waals surface area contributed by atoms with Gasteiger partial charge in [0.2, 0.25) is 0 Å². The van der Waals surface area contributed by atoms with Crippen LogP contribution in [0.2, 0.25) is 0 Å². The number of nitrogens with zero attached hydrogens (tertiary/aromatic N) is 2. The minimum absolute atomic E-state index is 0.293. The van der Waals surface area contributed by atoms with Gasteiger partial charge < -0.3 is 19.5 Å². The minimum atomic E-state index is -0.476. The number of rotatable bonds is 8. The van der Waals surface area contributed by atoms with Crippen molar-refractivity contribution in [1.29, 1.82) is 0 Å². The Labute approximate surface area is 186 Å². The van der Waals surface area contributed by atoms with E-state index in [4.69, 9.17) is 14.2 Å². The van der Waals surface area contributed by atoms with Crippen LogP contribution in [0.4, 0.5) is 16.2 Å². The summed E-state index contributed by atoms with van der Waals surface area (Å²) in [6.45, 7) is 2.64. The van der Waals surface area contributed by atoms with E-state index in [2.05, 4.69) is 10.3 Å². The Kier molecular flexibility index (Phi) is 7.64. The fraction of sp³-hybridized carbons (Fsp3) is 0.208. The summed E-state index contributed by atoms with van der Waals surface area (Å²) in [4.78, 5) is 29.8. The maximum Gasteiger partial charge on any atom is 0.413 e. The fourth-order valence-electron chi connectivity index (χ4n) is 2.90. The van der Waals surface area contributed by atoms with E-state index >= 15 is 0 Å². The van der Waals surface area contributed by atoms with E-state index in [9.17, 15) is 9.59 Å². The number of hydrogen-bond donors (Lipinski definition) is 1. The molecule has 1 N–H and O–H groups in total. The monoisotopic (exact) mass is 435 g/mol. The van der Waals surface area contributed by atoms with E-state index in [1.807, 2.05) is 19.1 Å². The largest absolute Gasteiger partial charge is 0.490 e. The van der Waals surface area contributed by atoms with Crippen LogP contribution in [0.15, 0.2) is 67.0 Å². The van der Waals surface area contributed by atoms with Gasteiger partial charge in [-0.25, -0.2) is 4.79 Å². The van der Waals surface area contributed by atoms with Crippen LogP contribution >= 0.6 is 0 Å². The van der Waals surface area contributed by atoms with Crippen molar-refractivity contribution in [3.05, 3.63) is 78.1 Å². The molecule has 0 spiro atoms. The van der Waals surface area contributed by atoms with Gasteiger partial charge in [-0.1, -0.05) is 6.07 Å². The van der Waals surface area contributed by atoms with Crippen LogP contribution in [0.1, 0.15) is 22.8 Å². The number of ether oxygens (including phenoxy) is 3. The Morgan fingerprint density at radius 3 is 2.47 bits per heavy atom. The quantitative estimate of drug-likeness (QED) is 0.560. The second-order valence-corrected chi connectivity index (χ2v) is 6.77. The van der Waals surface area contributed by atoms with Crippen molar-refractivity contribution < 1.29 is 23.8 Å². The standard InChI is InChI=1S/C24H25N3O5/c1-4-31-22-14-18(7-12-21(22)32-16-17-6-5-13-25-15-17)23(28)26-19-8-10-20(11-9-19)27(2)24(29)30-3/h5-15H,4,16H2,1-3H3,(H,26,28). The molecule has 1 heterocycles. The van der Waals surface area contributed by atoms with Gasteiger partial charge in [-0.15, -0.1) is 0 Å². The lowest BCUT2D eigenvalue weighted by Crippen LogP contribution is -2.25. The average Bonchev–Trinajstić information content (AvgIpc) is 2.83. The minimum Gasteiger partial charge on any atom is -0.490 e. The number of nitrogens with one attached hydrogen (secondary N) is 1. The van der Waals surface area contributed by atoms with Gasteiger partial charge in [-0.3, -0.25) is 14.7 Å². The van der Waals surface area contributed by atoms with Gasteiger partial charge in [-0.05, 0) is 55.5 Å². The summed E-state index contributed by atoms with van der Waals surface area (Å²) in [6.07, 6.45) is 2.96. The Hall–Kier alpha value is -4.07. The third kappa shape index (κ3) is 5.75. The second-order valence-electron chi connectivity index (χ2n) is 6.77. The van der Waals surface area contributed by atoms with Gasteiger partial charge in [0, 0.05) is 41.9 Å². The molecule has 8 nitrogen and oxygen atoms in total. The zero-order valence-electron chi connectivity index (χ0n) is 18.2. The van der Waals surface area contributed by atoms with Crippen LogP contribution in [-0.2, 0) is 11.3 Å². The normalized spacial score (nSPS) is 10.2. The van der Waals surface area contributed by atoms with Crippen LogP contribution in [0.25, 0.3) is 0 Å². The molecule has 3 rings (SSSR count).